The van der Waals surface area contributed by atoms with Crippen molar-refractivity contribution in [1.29, 1.82) is 0 Å². The number of hydrogen-bond donors (Lipinski definition) is 1. The summed E-state index contributed by atoms with van der Waals surface area (Å²) >= 11 is 3.44. The van der Waals surface area contributed by atoms with Gasteiger partial charge in [0.1, 0.15) is 5.82 Å². The van der Waals surface area contributed by atoms with Crippen molar-refractivity contribution in [2.75, 3.05) is 31.1 Å². The lowest BCUT2D eigenvalue weighted by Gasteiger charge is -2.36. The number of nitrogens with zero attached hydrogens (tertiary/aromatic N) is 4. The number of rotatable bonds is 4. The maximum atomic E-state index is 12.2. The predicted molar refractivity (Wildman–Crippen MR) is 111 cm³/mol. The summed E-state index contributed by atoms with van der Waals surface area (Å²) in [6.07, 6.45) is 0. The van der Waals surface area contributed by atoms with Crippen LogP contribution in [0.1, 0.15) is 5.82 Å². The van der Waals surface area contributed by atoms with Crippen LogP contribution in [0.25, 0.3) is 10.9 Å². The second kappa shape index (κ2) is 7.69. The first-order valence-electron chi connectivity index (χ1n) is 8.90. The van der Waals surface area contributed by atoms with E-state index in [1.165, 1.54) is 12.1 Å². The van der Waals surface area contributed by atoms with Crippen LogP contribution < -0.4 is 10.5 Å². The highest BCUT2D eigenvalue weighted by atomic mass is 79.9. The maximum absolute atomic E-state index is 12.2. The molecular weight excluding hydrogens is 426 g/mol. The Morgan fingerprint density at radius 1 is 1.14 bits per heavy atom. The number of benzene rings is 2. The van der Waals surface area contributed by atoms with Crippen LogP contribution in [-0.4, -0.2) is 46.0 Å². The summed E-state index contributed by atoms with van der Waals surface area (Å²) in [5.74, 6) is 0.661. The van der Waals surface area contributed by atoms with Gasteiger partial charge in [-0.2, -0.15) is 0 Å². The number of aromatic amines is 1. The summed E-state index contributed by atoms with van der Waals surface area (Å²) in [5, 5.41) is 11.5. The SMILES string of the molecule is O=c1[nH]c(CN2CCN(c3ccc([N+](=O)[O-])cc3Br)CC2)nc2ccccc12. The quantitative estimate of drug-likeness (QED) is 0.491. The van der Waals surface area contributed by atoms with Crippen molar-refractivity contribution >= 4 is 38.2 Å². The molecule has 0 saturated carbocycles. The van der Waals surface area contributed by atoms with Gasteiger partial charge in [-0.25, -0.2) is 4.98 Å². The highest BCUT2D eigenvalue weighted by Crippen LogP contribution is 2.30. The molecule has 8 nitrogen and oxygen atoms in total. The molecule has 3 aromatic rings. The van der Waals surface area contributed by atoms with Crippen LogP contribution in [0.3, 0.4) is 0 Å². The molecule has 0 radical (unpaired) electrons. The fourth-order valence-electron chi connectivity index (χ4n) is 3.43. The number of non-ortho nitro benzene ring substituents is 1. The molecule has 1 fully saturated rings. The highest BCUT2D eigenvalue weighted by molar-refractivity contribution is 9.10. The maximum Gasteiger partial charge on any atom is 0.270 e. The summed E-state index contributed by atoms with van der Waals surface area (Å²) in [6, 6.07) is 12.2. The zero-order valence-electron chi connectivity index (χ0n) is 15.0. The molecule has 0 amide bonds. The molecule has 0 bridgehead atoms. The summed E-state index contributed by atoms with van der Waals surface area (Å²) in [7, 11) is 0. The van der Waals surface area contributed by atoms with E-state index >= 15 is 0 Å². The second-order valence-corrected chi connectivity index (χ2v) is 7.54. The van der Waals surface area contributed by atoms with Crippen molar-refractivity contribution in [2.24, 2.45) is 0 Å². The van der Waals surface area contributed by atoms with Crippen molar-refractivity contribution in [2.45, 2.75) is 6.54 Å². The molecule has 1 aliphatic rings. The zero-order chi connectivity index (χ0) is 19.7. The molecule has 0 atom stereocenters. The summed E-state index contributed by atoms with van der Waals surface area (Å²) < 4.78 is 0.718. The predicted octanol–water partition coefficient (Wildman–Crippen LogP) is 2.92. The molecule has 0 unspecified atom stereocenters. The van der Waals surface area contributed by atoms with Gasteiger partial charge in [-0.05, 0) is 34.1 Å². The van der Waals surface area contributed by atoms with E-state index in [4.69, 9.17) is 0 Å². The van der Waals surface area contributed by atoms with Crippen LogP contribution in [0.5, 0.6) is 0 Å². The number of H-pyrrole nitrogens is 1. The van der Waals surface area contributed by atoms with Crippen molar-refractivity contribution in [3.05, 3.63) is 73.2 Å². The van der Waals surface area contributed by atoms with E-state index in [2.05, 4.69) is 35.7 Å². The molecule has 28 heavy (non-hydrogen) atoms. The minimum atomic E-state index is -0.399. The fraction of sp³-hybridized carbons (Fsp3) is 0.263. The lowest BCUT2D eigenvalue weighted by atomic mass is 10.2. The van der Waals surface area contributed by atoms with E-state index in [1.54, 1.807) is 12.1 Å². The van der Waals surface area contributed by atoms with Gasteiger partial charge in [0.2, 0.25) is 0 Å². The van der Waals surface area contributed by atoms with Crippen molar-refractivity contribution < 1.29 is 4.92 Å². The molecule has 1 aliphatic heterocycles. The van der Waals surface area contributed by atoms with E-state index < -0.39 is 4.92 Å². The Kier molecular flexibility index (Phi) is 5.10. The Bertz CT molecular complexity index is 1090. The second-order valence-electron chi connectivity index (χ2n) is 6.69. The number of halogens is 1. The van der Waals surface area contributed by atoms with E-state index in [9.17, 15) is 14.9 Å². The average Bonchev–Trinajstić information content (AvgIpc) is 2.69. The van der Waals surface area contributed by atoms with Gasteiger partial charge in [0.15, 0.2) is 0 Å². The lowest BCUT2D eigenvalue weighted by molar-refractivity contribution is -0.384. The van der Waals surface area contributed by atoms with Crippen LogP contribution in [0, 0.1) is 10.1 Å². The van der Waals surface area contributed by atoms with E-state index in [-0.39, 0.29) is 11.2 Å². The molecule has 0 spiro atoms. The van der Waals surface area contributed by atoms with Gasteiger partial charge >= 0.3 is 0 Å². The number of aromatic nitrogens is 2. The van der Waals surface area contributed by atoms with Crippen LogP contribution >= 0.6 is 15.9 Å². The van der Waals surface area contributed by atoms with Gasteiger partial charge in [0.05, 0.1) is 28.1 Å². The van der Waals surface area contributed by atoms with Crippen LogP contribution in [0.15, 0.2) is 51.7 Å². The van der Waals surface area contributed by atoms with E-state index in [0.29, 0.717) is 23.3 Å². The van der Waals surface area contributed by atoms with E-state index in [1.807, 2.05) is 18.2 Å². The number of piperazine rings is 1. The molecule has 4 rings (SSSR count). The van der Waals surface area contributed by atoms with Crippen LogP contribution in [0.2, 0.25) is 0 Å². The van der Waals surface area contributed by atoms with Crippen molar-refractivity contribution in [1.82, 2.24) is 14.9 Å². The van der Waals surface area contributed by atoms with Crippen molar-refractivity contribution in [3.8, 4) is 0 Å². The van der Waals surface area contributed by atoms with Gasteiger partial charge in [-0.1, -0.05) is 12.1 Å². The van der Waals surface area contributed by atoms with E-state index in [0.717, 1.165) is 36.3 Å². The molecule has 0 aliphatic carbocycles. The molecule has 2 aromatic carbocycles. The number of fused-ring (bicyclic) bond motifs is 1. The first kappa shape index (κ1) is 18.6. The minimum Gasteiger partial charge on any atom is -0.368 e. The molecule has 144 valence electrons. The van der Waals surface area contributed by atoms with Gasteiger partial charge < -0.3 is 9.88 Å². The number of nitro groups is 1. The minimum absolute atomic E-state index is 0.0700. The van der Waals surface area contributed by atoms with Crippen LogP contribution in [-0.2, 0) is 6.54 Å². The third-order valence-corrected chi connectivity index (χ3v) is 5.53. The average molecular weight is 444 g/mol. The van der Waals surface area contributed by atoms with Crippen molar-refractivity contribution in [3.63, 3.8) is 0 Å². The van der Waals surface area contributed by atoms with Gasteiger partial charge in [-0.3, -0.25) is 19.8 Å². The molecule has 1 aromatic heterocycles. The Labute approximate surface area is 169 Å². The first-order valence-corrected chi connectivity index (χ1v) is 9.70. The summed E-state index contributed by atoms with van der Waals surface area (Å²) in [5.41, 5.74) is 1.60. The highest BCUT2D eigenvalue weighted by Gasteiger charge is 2.21. The standard InChI is InChI=1S/C19H18BrN5O3/c20-15-11-13(25(27)28)5-6-17(15)24-9-7-23(8-10-24)12-18-21-16-4-2-1-3-14(16)19(26)22-18/h1-6,11H,7-10,12H2,(H,21,22,26). The number of nitrogens with one attached hydrogen (secondary N) is 1. The normalized spacial score (nSPS) is 15.1. The Morgan fingerprint density at radius 2 is 1.89 bits per heavy atom. The molecule has 2 heterocycles. The monoisotopic (exact) mass is 443 g/mol. The molecule has 1 N–H and O–H groups in total. The van der Waals surface area contributed by atoms with Gasteiger partial charge in [-0.15, -0.1) is 0 Å². The fourth-order valence-corrected chi connectivity index (χ4v) is 4.05. The van der Waals surface area contributed by atoms with Gasteiger partial charge in [0.25, 0.3) is 11.2 Å². The lowest BCUT2D eigenvalue weighted by Crippen LogP contribution is -2.46. The Morgan fingerprint density at radius 3 is 2.61 bits per heavy atom. The topological polar surface area (TPSA) is 95.4 Å². The number of hydrogen-bond acceptors (Lipinski definition) is 6. The smallest absolute Gasteiger partial charge is 0.270 e. The largest absolute Gasteiger partial charge is 0.368 e. The third-order valence-electron chi connectivity index (χ3n) is 4.89. The molecule has 9 heteroatoms. The van der Waals surface area contributed by atoms with Gasteiger partial charge in [0, 0.05) is 42.8 Å². The zero-order valence-corrected chi connectivity index (χ0v) is 16.6. The molecular formula is C19H18BrN5O3. The summed E-state index contributed by atoms with van der Waals surface area (Å²) in [6.45, 7) is 3.76. The molecule has 1 saturated heterocycles. The summed E-state index contributed by atoms with van der Waals surface area (Å²) in [4.78, 5) is 34.6. The first-order chi connectivity index (χ1) is 13.5. The Balaban J connectivity index is 1.43. The number of para-hydroxylation sites is 1. The van der Waals surface area contributed by atoms with Crippen LogP contribution in [0.4, 0.5) is 11.4 Å². The third kappa shape index (κ3) is 3.76. The number of nitro benzene ring substituents is 1. The Hall–Kier alpha value is -2.78. The number of anilines is 1.